The number of benzene rings is 2. The van der Waals surface area contributed by atoms with E-state index in [-0.39, 0.29) is 36.9 Å². The van der Waals surface area contributed by atoms with Crippen LogP contribution < -0.4 is 4.74 Å². The molecule has 4 heterocycles. The van der Waals surface area contributed by atoms with E-state index in [1.807, 2.05) is 13.8 Å². The van der Waals surface area contributed by atoms with Crippen molar-refractivity contribution in [2.24, 2.45) is 0 Å². The van der Waals surface area contributed by atoms with Crippen LogP contribution in [0, 0.1) is 0 Å². The number of carbonyl (C=O) groups excluding carboxylic acids is 1. The molecule has 13 heteroatoms. The molecule has 4 aromatic rings. The lowest BCUT2D eigenvalue weighted by molar-refractivity contribution is -0.0501. The second kappa shape index (κ2) is 11.5. The normalized spacial score (nSPS) is 24.8. The number of halogens is 3. The van der Waals surface area contributed by atoms with E-state index in [1.54, 1.807) is 30.3 Å². The van der Waals surface area contributed by atoms with E-state index in [9.17, 15) is 4.79 Å². The summed E-state index contributed by atoms with van der Waals surface area (Å²) in [5, 5.41) is 5.41. The predicted octanol–water partition coefficient (Wildman–Crippen LogP) is 7.26. The third-order valence-corrected chi connectivity index (χ3v) is 9.83. The molecule has 232 valence electrons. The molecule has 0 bridgehead atoms. The molecule has 0 radical (unpaired) electrons. The van der Waals surface area contributed by atoms with E-state index in [0.717, 1.165) is 35.5 Å². The maximum Gasteiger partial charge on any atom is 0.338 e. The highest BCUT2D eigenvalue weighted by Crippen LogP contribution is 2.49. The van der Waals surface area contributed by atoms with Crippen LogP contribution in [0.5, 0.6) is 5.75 Å². The van der Waals surface area contributed by atoms with Gasteiger partial charge in [-0.05, 0) is 51.0 Å². The fraction of sp³-hybridized carbons (Fsp3) is 0.452. The zero-order valence-electron chi connectivity index (χ0n) is 24.1. The van der Waals surface area contributed by atoms with Crippen molar-refractivity contribution in [3.8, 4) is 17.0 Å². The van der Waals surface area contributed by atoms with Crippen LogP contribution in [0.25, 0.3) is 21.5 Å². The molecule has 0 amide bonds. The van der Waals surface area contributed by atoms with Crippen molar-refractivity contribution in [2.45, 2.75) is 69.3 Å². The van der Waals surface area contributed by atoms with Crippen molar-refractivity contribution >= 4 is 50.7 Å². The summed E-state index contributed by atoms with van der Waals surface area (Å²) in [4.78, 5) is 16.9. The van der Waals surface area contributed by atoms with Crippen LogP contribution in [0.2, 0.25) is 10.0 Å². The van der Waals surface area contributed by atoms with Crippen LogP contribution in [-0.2, 0) is 31.2 Å². The van der Waals surface area contributed by atoms with E-state index < -0.39 is 29.9 Å². The Hall–Kier alpha value is -2.80. The molecular weight excluding hydrogens is 634 g/mol. The lowest BCUT2D eigenvalue weighted by Gasteiger charge is -2.21. The summed E-state index contributed by atoms with van der Waals surface area (Å²) >= 11 is 14.1. The lowest BCUT2D eigenvalue weighted by Crippen LogP contribution is -2.38. The van der Waals surface area contributed by atoms with Crippen LogP contribution in [0.15, 0.2) is 34.9 Å². The average Bonchev–Trinajstić information content (AvgIpc) is 3.31. The second-order valence-electron chi connectivity index (χ2n) is 11.5. The Morgan fingerprint density at radius 2 is 1.98 bits per heavy atom. The number of methoxy groups -OCH3 is 1. The summed E-state index contributed by atoms with van der Waals surface area (Å²) in [5.74, 6) is 0.862. The van der Waals surface area contributed by atoms with Gasteiger partial charge >= 0.3 is 5.97 Å². The minimum atomic E-state index is -2.03. The number of esters is 1. The van der Waals surface area contributed by atoms with Gasteiger partial charge in [0, 0.05) is 17.0 Å². The van der Waals surface area contributed by atoms with Crippen molar-refractivity contribution in [1.29, 1.82) is 0 Å². The Morgan fingerprint density at radius 1 is 1.20 bits per heavy atom. The largest absolute Gasteiger partial charge is 0.489 e. The minimum absolute atomic E-state index is 0.131. The first kappa shape index (κ1) is 29.9. The highest BCUT2D eigenvalue weighted by molar-refractivity contribution is 7.18. The number of rotatable bonds is 9. The van der Waals surface area contributed by atoms with E-state index in [0.29, 0.717) is 42.8 Å². The first-order chi connectivity index (χ1) is 21.2. The summed E-state index contributed by atoms with van der Waals surface area (Å²) in [6, 6.07) is 8.46. The standard InChI is InChI=1S/C31H29Cl2FN2O7S/c1-14(2)42-20-9-16(29(37)38-3)10-22-25(20)35-30(44-22)31(34)13-41-27-21(12-40-28(27)31)39-11-17-24(36-43-26(17)15-7-8-15)23-18(32)5-4-6-19(23)33/h4-6,9-10,14-15,21,27-28H,7-8,11-13H2,1-3H3/t21-,27-,28+,31+/m1/s1. The number of nitrogens with zero attached hydrogens (tertiary/aromatic N) is 2. The molecule has 7 rings (SSSR count). The number of thiazole rings is 1. The molecule has 44 heavy (non-hydrogen) atoms. The Balaban J connectivity index is 1.14. The number of alkyl halides is 1. The van der Waals surface area contributed by atoms with Gasteiger partial charge < -0.3 is 28.2 Å². The van der Waals surface area contributed by atoms with Gasteiger partial charge in [0.25, 0.3) is 0 Å². The molecule has 2 aromatic carbocycles. The summed E-state index contributed by atoms with van der Waals surface area (Å²) in [6.07, 6.45) is -0.349. The zero-order chi connectivity index (χ0) is 30.7. The molecule has 2 aromatic heterocycles. The number of carbonyl (C=O) groups is 1. The van der Waals surface area contributed by atoms with Crippen LogP contribution in [0.1, 0.15) is 59.3 Å². The van der Waals surface area contributed by atoms with Gasteiger partial charge in [0.05, 0.1) is 53.3 Å². The van der Waals surface area contributed by atoms with Gasteiger partial charge in [-0.1, -0.05) is 34.4 Å². The molecule has 0 spiro atoms. The monoisotopic (exact) mass is 662 g/mol. The molecule has 3 aliphatic rings. The highest BCUT2D eigenvalue weighted by Gasteiger charge is 2.60. The molecule has 0 unspecified atom stereocenters. The SMILES string of the molecule is COC(=O)c1cc(OC(C)C)c2nc([C@]3(F)CO[C@@H]4[C@H](OCc5c(-c6c(Cl)cccc6Cl)noc5C5CC5)CO[C@@H]43)sc2c1. The first-order valence-corrected chi connectivity index (χ1v) is 15.9. The third kappa shape index (κ3) is 5.17. The number of fused-ring (bicyclic) bond motifs is 2. The number of hydrogen-bond acceptors (Lipinski definition) is 10. The summed E-state index contributed by atoms with van der Waals surface area (Å²) in [6.45, 7) is 3.74. The number of aromatic nitrogens is 2. The molecular formula is C31H29Cl2FN2O7S. The Kier molecular flexibility index (Phi) is 7.83. The zero-order valence-corrected chi connectivity index (χ0v) is 26.4. The van der Waals surface area contributed by atoms with Crippen molar-refractivity contribution < 1.29 is 37.4 Å². The molecule has 1 saturated carbocycles. The van der Waals surface area contributed by atoms with Gasteiger partial charge in [0.1, 0.15) is 46.0 Å². The van der Waals surface area contributed by atoms with Crippen LogP contribution >= 0.6 is 34.5 Å². The summed E-state index contributed by atoms with van der Waals surface area (Å²) < 4.78 is 52.4. The number of ether oxygens (including phenoxy) is 5. The predicted molar refractivity (Wildman–Crippen MR) is 162 cm³/mol. The van der Waals surface area contributed by atoms with Crippen LogP contribution in [-0.4, -0.2) is 60.8 Å². The Morgan fingerprint density at radius 3 is 2.68 bits per heavy atom. The lowest BCUT2D eigenvalue weighted by atomic mass is 9.98. The van der Waals surface area contributed by atoms with Crippen LogP contribution in [0.3, 0.4) is 0 Å². The van der Waals surface area contributed by atoms with E-state index in [4.69, 9.17) is 51.4 Å². The fourth-order valence-corrected chi connectivity index (χ4v) is 7.49. The van der Waals surface area contributed by atoms with Crippen LogP contribution in [0.4, 0.5) is 4.39 Å². The van der Waals surface area contributed by atoms with Gasteiger partial charge in [0.2, 0.25) is 5.67 Å². The molecule has 2 aliphatic heterocycles. The third-order valence-electron chi connectivity index (χ3n) is 8.05. The molecule has 2 saturated heterocycles. The molecule has 9 nitrogen and oxygen atoms in total. The van der Waals surface area contributed by atoms with Gasteiger partial charge in [-0.25, -0.2) is 14.2 Å². The fourth-order valence-electron chi connectivity index (χ4n) is 5.79. The summed E-state index contributed by atoms with van der Waals surface area (Å²) in [7, 11) is 1.30. The molecule has 1 aliphatic carbocycles. The van der Waals surface area contributed by atoms with Crippen molar-refractivity contribution in [2.75, 3.05) is 20.3 Å². The van der Waals surface area contributed by atoms with Crippen molar-refractivity contribution in [3.63, 3.8) is 0 Å². The molecule has 4 atom stereocenters. The highest BCUT2D eigenvalue weighted by atomic mass is 35.5. The maximum atomic E-state index is 16.9. The second-order valence-corrected chi connectivity index (χ2v) is 13.3. The summed E-state index contributed by atoms with van der Waals surface area (Å²) in [5.41, 5.74) is 0.605. The topological polar surface area (TPSA) is 102 Å². The van der Waals surface area contributed by atoms with Crippen molar-refractivity contribution in [3.05, 3.63) is 62.3 Å². The molecule has 0 N–H and O–H groups in total. The number of hydrogen-bond donors (Lipinski definition) is 0. The Labute approximate surface area is 266 Å². The van der Waals surface area contributed by atoms with Gasteiger partial charge in [-0.15, -0.1) is 11.3 Å². The van der Waals surface area contributed by atoms with Crippen molar-refractivity contribution in [1.82, 2.24) is 10.1 Å². The minimum Gasteiger partial charge on any atom is -0.489 e. The van der Waals surface area contributed by atoms with Gasteiger partial charge in [-0.2, -0.15) is 0 Å². The smallest absolute Gasteiger partial charge is 0.338 e. The quantitative estimate of drug-likeness (QED) is 0.171. The van der Waals surface area contributed by atoms with Gasteiger partial charge in [-0.3, -0.25) is 0 Å². The van der Waals surface area contributed by atoms with E-state index >= 15 is 4.39 Å². The Bertz CT molecular complexity index is 1720. The molecule has 3 fully saturated rings. The van der Waals surface area contributed by atoms with E-state index in [1.165, 1.54) is 7.11 Å². The van der Waals surface area contributed by atoms with Gasteiger partial charge in [0.15, 0.2) is 0 Å². The first-order valence-electron chi connectivity index (χ1n) is 14.3. The van der Waals surface area contributed by atoms with E-state index in [2.05, 4.69) is 10.1 Å². The average molecular weight is 664 g/mol. The maximum absolute atomic E-state index is 16.9.